The molecule has 0 spiro atoms. The van der Waals surface area contributed by atoms with Crippen LogP contribution in [0.15, 0.2) is 18.2 Å². The zero-order valence-corrected chi connectivity index (χ0v) is 11.7. The van der Waals surface area contributed by atoms with Crippen molar-refractivity contribution < 1.29 is 4.74 Å². The zero-order chi connectivity index (χ0) is 13.0. The van der Waals surface area contributed by atoms with Crippen molar-refractivity contribution in [1.29, 1.82) is 0 Å². The van der Waals surface area contributed by atoms with Gasteiger partial charge in [-0.3, -0.25) is 4.90 Å². The highest BCUT2D eigenvalue weighted by Crippen LogP contribution is 2.22. The van der Waals surface area contributed by atoms with Gasteiger partial charge in [0, 0.05) is 39.8 Å². The maximum atomic E-state index is 5.70. The first kappa shape index (κ1) is 13.5. The number of hydrogen-bond acceptors (Lipinski definition) is 3. The summed E-state index contributed by atoms with van der Waals surface area (Å²) < 4.78 is 5.70. The smallest absolute Gasteiger partial charge is 0.0950 e. The van der Waals surface area contributed by atoms with Gasteiger partial charge in [-0.15, -0.1) is 0 Å². The van der Waals surface area contributed by atoms with Gasteiger partial charge in [0.05, 0.1) is 6.10 Å². The van der Waals surface area contributed by atoms with Crippen molar-refractivity contribution in [3.8, 4) is 0 Å². The Balaban J connectivity index is 2.07. The SMILES string of the molecule is COC(CN1CCNCC1)c1ccc(C)cc1C. The fraction of sp³-hybridized carbons (Fsp3) is 0.600. The standard InChI is InChI=1S/C15H24N2O/c1-12-4-5-14(13(2)10-12)15(18-3)11-17-8-6-16-7-9-17/h4-5,10,15-16H,6-9,11H2,1-3H3. The van der Waals surface area contributed by atoms with Gasteiger partial charge < -0.3 is 10.1 Å². The summed E-state index contributed by atoms with van der Waals surface area (Å²) in [6, 6.07) is 6.62. The van der Waals surface area contributed by atoms with E-state index in [-0.39, 0.29) is 6.10 Å². The largest absolute Gasteiger partial charge is 0.375 e. The third-order valence-electron chi connectivity index (χ3n) is 3.69. The van der Waals surface area contributed by atoms with Crippen LogP contribution in [0, 0.1) is 13.8 Å². The van der Waals surface area contributed by atoms with E-state index >= 15 is 0 Å². The lowest BCUT2D eigenvalue weighted by Crippen LogP contribution is -2.45. The fourth-order valence-electron chi connectivity index (χ4n) is 2.61. The van der Waals surface area contributed by atoms with Crippen LogP contribution in [0.2, 0.25) is 0 Å². The van der Waals surface area contributed by atoms with E-state index in [0.717, 1.165) is 32.7 Å². The van der Waals surface area contributed by atoms with Gasteiger partial charge in [-0.2, -0.15) is 0 Å². The molecule has 3 heteroatoms. The molecule has 1 aromatic carbocycles. The minimum Gasteiger partial charge on any atom is -0.375 e. The first-order chi connectivity index (χ1) is 8.70. The van der Waals surface area contributed by atoms with Crippen molar-refractivity contribution in [1.82, 2.24) is 10.2 Å². The second-order valence-electron chi connectivity index (χ2n) is 5.13. The van der Waals surface area contributed by atoms with Crippen LogP contribution in [0.5, 0.6) is 0 Å². The number of aryl methyl sites for hydroxylation is 2. The van der Waals surface area contributed by atoms with Gasteiger partial charge in [0.25, 0.3) is 0 Å². The molecule has 0 amide bonds. The Morgan fingerprint density at radius 1 is 1.28 bits per heavy atom. The lowest BCUT2D eigenvalue weighted by molar-refractivity contribution is 0.0590. The number of rotatable bonds is 4. The van der Waals surface area contributed by atoms with Crippen LogP contribution in [0.4, 0.5) is 0 Å². The van der Waals surface area contributed by atoms with Gasteiger partial charge in [0.15, 0.2) is 0 Å². The summed E-state index contributed by atoms with van der Waals surface area (Å²) >= 11 is 0. The highest BCUT2D eigenvalue weighted by Gasteiger charge is 2.18. The van der Waals surface area contributed by atoms with E-state index in [4.69, 9.17) is 4.74 Å². The molecular formula is C15H24N2O. The number of benzene rings is 1. The van der Waals surface area contributed by atoms with Crippen LogP contribution in [-0.4, -0.2) is 44.7 Å². The normalized spacial score (nSPS) is 18.8. The van der Waals surface area contributed by atoms with Gasteiger partial charge >= 0.3 is 0 Å². The van der Waals surface area contributed by atoms with Gasteiger partial charge in [0.1, 0.15) is 0 Å². The molecule has 2 rings (SSSR count). The van der Waals surface area contributed by atoms with E-state index in [9.17, 15) is 0 Å². The highest BCUT2D eigenvalue weighted by atomic mass is 16.5. The third-order valence-corrected chi connectivity index (χ3v) is 3.69. The molecule has 1 fully saturated rings. The minimum absolute atomic E-state index is 0.184. The molecule has 1 atom stereocenters. The molecule has 0 aromatic heterocycles. The molecule has 1 aliphatic heterocycles. The Morgan fingerprint density at radius 3 is 2.61 bits per heavy atom. The number of nitrogens with one attached hydrogen (secondary N) is 1. The van der Waals surface area contributed by atoms with E-state index in [0.29, 0.717) is 0 Å². The van der Waals surface area contributed by atoms with E-state index in [1.165, 1.54) is 16.7 Å². The molecule has 1 heterocycles. The molecule has 1 aromatic rings. The molecule has 3 nitrogen and oxygen atoms in total. The Morgan fingerprint density at radius 2 is 2.00 bits per heavy atom. The van der Waals surface area contributed by atoms with Gasteiger partial charge in [-0.1, -0.05) is 23.8 Å². The molecular weight excluding hydrogens is 224 g/mol. The van der Waals surface area contributed by atoms with Crippen LogP contribution in [0.3, 0.4) is 0 Å². The summed E-state index contributed by atoms with van der Waals surface area (Å²) in [6.07, 6.45) is 0.184. The average molecular weight is 248 g/mol. The van der Waals surface area contributed by atoms with Crippen molar-refractivity contribution in [2.45, 2.75) is 20.0 Å². The summed E-state index contributed by atoms with van der Waals surface area (Å²) in [6.45, 7) is 9.70. The summed E-state index contributed by atoms with van der Waals surface area (Å²) in [4.78, 5) is 2.48. The van der Waals surface area contributed by atoms with Crippen molar-refractivity contribution in [2.75, 3.05) is 39.8 Å². The monoisotopic (exact) mass is 248 g/mol. The molecule has 1 N–H and O–H groups in total. The lowest BCUT2D eigenvalue weighted by atomic mass is 10.0. The lowest BCUT2D eigenvalue weighted by Gasteiger charge is -2.31. The Hall–Kier alpha value is -0.900. The summed E-state index contributed by atoms with van der Waals surface area (Å²) in [5.74, 6) is 0. The second kappa shape index (κ2) is 6.32. The topological polar surface area (TPSA) is 24.5 Å². The molecule has 1 unspecified atom stereocenters. The molecule has 0 saturated carbocycles. The Bertz CT molecular complexity index is 386. The van der Waals surface area contributed by atoms with E-state index in [1.54, 1.807) is 0 Å². The molecule has 0 bridgehead atoms. The molecule has 1 aliphatic rings. The van der Waals surface area contributed by atoms with Gasteiger partial charge in [-0.05, 0) is 25.0 Å². The average Bonchev–Trinajstić information content (AvgIpc) is 2.38. The van der Waals surface area contributed by atoms with E-state index < -0.39 is 0 Å². The molecule has 0 radical (unpaired) electrons. The first-order valence-electron chi connectivity index (χ1n) is 6.73. The Labute approximate surface area is 110 Å². The predicted octanol–water partition coefficient (Wildman–Crippen LogP) is 1.90. The van der Waals surface area contributed by atoms with Crippen LogP contribution >= 0.6 is 0 Å². The van der Waals surface area contributed by atoms with Crippen molar-refractivity contribution >= 4 is 0 Å². The highest BCUT2D eigenvalue weighted by molar-refractivity contribution is 5.32. The van der Waals surface area contributed by atoms with Crippen molar-refractivity contribution in [2.24, 2.45) is 0 Å². The van der Waals surface area contributed by atoms with Crippen LogP contribution in [-0.2, 0) is 4.74 Å². The molecule has 0 aliphatic carbocycles. The number of methoxy groups -OCH3 is 1. The third kappa shape index (κ3) is 3.31. The number of ether oxygens (including phenoxy) is 1. The van der Waals surface area contributed by atoms with Crippen LogP contribution < -0.4 is 5.32 Å². The number of hydrogen-bond donors (Lipinski definition) is 1. The van der Waals surface area contributed by atoms with Crippen molar-refractivity contribution in [3.63, 3.8) is 0 Å². The van der Waals surface area contributed by atoms with Gasteiger partial charge in [-0.25, -0.2) is 0 Å². The minimum atomic E-state index is 0.184. The summed E-state index contributed by atoms with van der Waals surface area (Å²) in [5.41, 5.74) is 3.96. The zero-order valence-electron chi connectivity index (χ0n) is 11.7. The summed E-state index contributed by atoms with van der Waals surface area (Å²) in [7, 11) is 1.81. The van der Waals surface area contributed by atoms with E-state index in [2.05, 4.69) is 42.3 Å². The van der Waals surface area contributed by atoms with Crippen LogP contribution in [0.25, 0.3) is 0 Å². The molecule has 1 saturated heterocycles. The maximum Gasteiger partial charge on any atom is 0.0950 e. The number of piperazine rings is 1. The van der Waals surface area contributed by atoms with Crippen molar-refractivity contribution in [3.05, 3.63) is 34.9 Å². The van der Waals surface area contributed by atoms with Gasteiger partial charge in [0.2, 0.25) is 0 Å². The summed E-state index contributed by atoms with van der Waals surface area (Å²) in [5, 5.41) is 3.38. The second-order valence-corrected chi connectivity index (χ2v) is 5.13. The molecule has 100 valence electrons. The fourth-order valence-corrected chi connectivity index (χ4v) is 2.61. The van der Waals surface area contributed by atoms with Crippen LogP contribution in [0.1, 0.15) is 22.8 Å². The first-order valence-corrected chi connectivity index (χ1v) is 6.73. The molecule has 18 heavy (non-hydrogen) atoms. The maximum absolute atomic E-state index is 5.70. The quantitative estimate of drug-likeness (QED) is 0.881. The Kier molecular flexibility index (Phi) is 4.75. The number of nitrogens with zero attached hydrogens (tertiary/aromatic N) is 1. The predicted molar refractivity (Wildman–Crippen MR) is 75.0 cm³/mol. The van der Waals surface area contributed by atoms with E-state index in [1.807, 2.05) is 7.11 Å².